The molecule has 1 aromatic heterocycles. The van der Waals surface area contributed by atoms with E-state index in [4.69, 9.17) is 4.74 Å². The lowest BCUT2D eigenvalue weighted by atomic mass is 9.72. The van der Waals surface area contributed by atoms with Gasteiger partial charge in [0.05, 0.1) is 29.7 Å². The number of nitrogens with one attached hydrogen (secondary N) is 1. The molecule has 0 aromatic carbocycles. The Bertz CT molecular complexity index is 832. The second-order valence-corrected chi connectivity index (χ2v) is 12.2. The third-order valence-corrected chi connectivity index (χ3v) is 9.01. The van der Waals surface area contributed by atoms with Gasteiger partial charge in [0.25, 0.3) is 5.56 Å². The van der Waals surface area contributed by atoms with Gasteiger partial charge in [-0.05, 0) is 75.7 Å². The van der Waals surface area contributed by atoms with Gasteiger partial charge in [0.15, 0.2) is 0 Å². The molecule has 3 atom stereocenters. The Labute approximate surface area is 183 Å². The molecule has 1 N–H and O–H groups in total. The van der Waals surface area contributed by atoms with Crippen LogP contribution in [0.3, 0.4) is 0 Å². The average molecular weight is 435 g/mol. The van der Waals surface area contributed by atoms with E-state index in [0.717, 1.165) is 55.7 Å². The van der Waals surface area contributed by atoms with Crippen LogP contribution in [-0.4, -0.2) is 32.8 Å². The highest BCUT2D eigenvalue weighted by molar-refractivity contribution is 7.84. The van der Waals surface area contributed by atoms with Gasteiger partial charge >= 0.3 is 0 Å². The molecular formula is C24H38N2O3S. The lowest BCUT2D eigenvalue weighted by Gasteiger charge is -2.39. The predicted molar refractivity (Wildman–Crippen MR) is 122 cm³/mol. The molecule has 30 heavy (non-hydrogen) atoms. The number of aromatic nitrogens is 1. The predicted octanol–water partition coefficient (Wildman–Crippen LogP) is 4.05. The molecule has 0 radical (unpaired) electrons. The number of hydrogen-bond acceptors (Lipinski definition) is 3. The van der Waals surface area contributed by atoms with E-state index in [1.54, 1.807) is 0 Å². The largest absolute Gasteiger partial charge is 0.376 e. The van der Waals surface area contributed by atoms with Gasteiger partial charge in [-0.15, -0.1) is 0 Å². The Balaban J connectivity index is 1.47. The van der Waals surface area contributed by atoms with Gasteiger partial charge in [-0.3, -0.25) is 4.79 Å². The summed E-state index contributed by atoms with van der Waals surface area (Å²) in [5, 5.41) is 0.287. The van der Waals surface area contributed by atoms with Gasteiger partial charge in [0, 0.05) is 22.5 Å². The molecule has 0 saturated heterocycles. The molecule has 0 bridgehead atoms. The van der Waals surface area contributed by atoms with Gasteiger partial charge in [-0.1, -0.05) is 26.8 Å². The number of nitrogens with zero attached hydrogens (tertiary/aromatic N) is 1. The van der Waals surface area contributed by atoms with Gasteiger partial charge in [-0.25, -0.2) is 8.93 Å². The van der Waals surface area contributed by atoms with Crippen molar-refractivity contribution in [1.29, 1.82) is 0 Å². The minimum Gasteiger partial charge on any atom is -0.376 e. The van der Waals surface area contributed by atoms with E-state index in [0.29, 0.717) is 12.0 Å². The van der Waals surface area contributed by atoms with Crippen molar-refractivity contribution in [3.8, 4) is 0 Å². The summed E-state index contributed by atoms with van der Waals surface area (Å²) >= 11 is 0. The van der Waals surface area contributed by atoms with Gasteiger partial charge in [0.1, 0.15) is 0 Å². The van der Waals surface area contributed by atoms with Crippen LogP contribution in [0.25, 0.3) is 0 Å². The van der Waals surface area contributed by atoms with Crippen LogP contribution >= 0.6 is 0 Å². The quantitative estimate of drug-likeness (QED) is 0.735. The van der Waals surface area contributed by atoms with Crippen molar-refractivity contribution in [3.63, 3.8) is 0 Å². The van der Waals surface area contributed by atoms with Crippen LogP contribution in [0.2, 0.25) is 0 Å². The fraction of sp³-hybridized carbons (Fsp3) is 0.792. The van der Waals surface area contributed by atoms with Crippen molar-refractivity contribution in [2.45, 2.75) is 102 Å². The highest BCUT2D eigenvalue weighted by atomic mass is 32.2. The molecule has 2 heterocycles. The zero-order valence-corrected chi connectivity index (χ0v) is 19.8. The van der Waals surface area contributed by atoms with Crippen molar-refractivity contribution in [1.82, 2.24) is 9.29 Å². The molecule has 6 heteroatoms. The molecule has 0 amide bonds. The highest BCUT2D eigenvalue weighted by Gasteiger charge is 2.37. The first-order valence-electron chi connectivity index (χ1n) is 11.7. The molecule has 168 valence electrons. The lowest BCUT2D eigenvalue weighted by molar-refractivity contribution is -0.0169. The first-order valence-corrected chi connectivity index (χ1v) is 12.9. The molecule has 1 aliphatic heterocycles. The fourth-order valence-electron chi connectivity index (χ4n) is 5.12. The molecule has 3 unspecified atom stereocenters. The number of rotatable bonds is 6. The molecule has 1 aromatic rings. The molecule has 3 aliphatic rings. The molecule has 2 aliphatic carbocycles. The van der Waals surface area contributed by atoms with Crippen LogP contribution in [0.4, 0.5) is 0 Å². The smallest absolute Gasteiger partial charge is 0.254 e. The van der Waals surface area contributed by atoms with Crippen LogP contribution in [0.15, 0.2) is 16.9 Å². The standard InChI is InChI=1S/C24H38N2O3S/c1-16-5-8-18-9-14-21(25-30(28)20-12-13-20)22(26(18)23(16)27)15-29-19-10-6-17(7-11-19)24(2,3)4/h5,8,17,19-22,25H,6-7,9-15H2,1-4H3. The van der Waals surface area contributed by atoms with E-state index < -0.39 is 11.0 Å². The number of hydrogen-bond donors (Lipinski definition) is 1. The van der Waals surface area contributed by atoms with E-state index in [1.807, 2.05) is 17.6 Å². The Hall–Kier alpha value is -0.980. The normalized spacial score (nSPS) is 30.7. The van der Waals surface area contributed by atoms with Crippen LogP contribution in [0, 0.1) is 18.3 Å². The van der Waals surface area contributed by atoms with Crippen LogP contribution in [-0.2, 0) is 22.1 Å². The van der Waals surface area contributed by atoms with Crippen molar-refractivity contribution < 1.29 is 8.95 Å². The molecule has 2 saturated carbocycles. The summed E-state index contributed by atoms with van der Waals surface area (Å²) in [6.07, 6.45) is 8.69. The van der Waals surface area contributed by atoms with E-state index in [2.05, 4.69) is 31.6 Å². The van der Waals surface area contributed by atoms with Crippen molar-refractivity contribution in [2.24, 2.45) is 11.3 Å². The molecule has 5 nitrogen and oxygen atoms in total. The second kappa shape index (κ2) is 8.87. The van der Waals surface area contributed by atoms with Gasteiger partial charge in [-0.2, -0.15) is 0 Å². The molecule has 0 spiro atoms. The summed E-state index contributed by atoms with van der Waals surface area (Å²) in [6, 6.07) is 3.93. The summed E-state index contributed by atoms with van der Waals surface area (Å²) in [5.74, 6) is 0.758. The maximum absolute atomic E-state index is 13.0. The Morgan fingerprint density at radius 1 is 1.10 bits per heavy atom. The van der Waals surface area contributed by atoms with E-state index in [9.17, 15) is 9.00 Å². The number of ether oxygens (including phenoxy) is 1. The SMILES string of the molecule is Cc1ccc2n(c1=O)C(COC1CCC(C(C)(C)C)CC1)C(NS(=O)C1CC1)CC2. The monoisotopic (exact) mass is 434 g/mol. The molecule has 2 fully saturated rings. The third-order valence-electron chi connectivity index (χ3n) is 7.40. The summed E-state index contributed by atoms with van der Waals surface area (Å²) in [4.78, 5) is 13.0. The summed E-state index contributed by atoms with van der Waals surface area (Å²) < 4.78 is 24.3. The topological polar surface area (TPSA) is 60.3 Å². The van der Waals surface area contributed by atoms with Crippen LogP contribution in [0.5, 0.6) is 0 Å². The Morgan fingerprint density at radius 3 is 2.43 bits per heavy atom. The summed E-state index contributed by atoms with van der Waals surface area (Å²) in [6.45, 7) is 9.40. The van der Waals surface area contributed by atoms with E-state index in [-0.39, 0.29) is 29.0 Å². The molecular weight excluding hydrogens is 396 g/mol. The number of aryl methyl sites for hydroxylation is 2. The zero-order chi connectivity index (χ0) is 21.5. The van der Waals surface area contributed by atoms with Crippen molar-refractivity contribution >= 4 is 11.0 Å². The van der Waals surface area contributed by atoms with Gasteiger partial charge in [0.2, 0.25) is 0 Å². The second-order valence-electron chi connectivity index (χ2n) is 10.7. The highest BCUT2D eigenvalue weighted by Crippen LogP contribution is 2.39. The minimum absolute atomic E-state index is 0.0179. The summed E-state index contributed by atoms with van der Waals surface area (Å²) in [5.41, 5.74) is 2.27. The average Bonchev–Trinajstić information content (AvgIpc) is 3.55. The number of fused-ring (bicyclic) bond motifs is 1. The lowest BCUT2D eigenvalue weighted by Crippen LogP contribution is -2.49. The fourth-order valence-corrected chi connectivity index (χ4v) is 6.45. The van der Waals surface area contributed by atoms with E-state index >= 15 is 0 Å². The van der Waals surface area contributed by atoms with E-state index in [1.165, 1.54) is 12.8 Å². The van der Waals surface area contributed by atoms with Gasteiger partial charge < -0.3 is 9.30 Å². The molecule has 4 rings (SSSR count). The maximum Gasteiger partial charge on any atom is 0.254 e. The van der Waals surface area contributed by atoms with Crippen LogP contribution in [0.1, 0.15) is 83.0 Å². The first kappa shape index (κ1) is 22.2. The zero-order valence-electron chi connectivity index (χ0n) is 19.0. The van der Waals surface area contributed by atoms with Crippen molar-refractivity contribution in [3.05, 3.63) is 33.7 Å². The Kier molecular flexibility index (Phi) is 6.57. The number of pyridine rings is 1. The Morgan fingerprint density at radius 2 is 1.80 bits per heavy atom. The third kappa shape index (κ3) is 4.91. The summed E-state index contributed by atoms with van der Waals surface area (Å²) in [7, 11) is -1.01. The van der Waals surface area contributed by atoms with Crippen LogP contribution < -0.4 is 10.3 Å². The first-order chi connectivity index (χ1) is 14.2. The maximum atomic E-state index is 13.0. The minimum atomic E-state index is -1.01. The van der Waals surface area contributed by atoms with Crippen molar-refractivity contribution in [2.75, 3.05) is 6.61 Å².